The number of aliphatic hydroxyl groups excluding tert-OH is 2. The lowest BCUT2D eigenvalue weighted by molar-refractivity contribution is -0.106. The minimum absolute atomic E-state index is 0.0305. The molecule has 0 saturated carbocycles. The summed E-state index contributed by atoms with van der Waals surface area (Å²) in [5.74, 6) is 0. The standard InChI is InChI=1S/C12H16O3S/c13-8-11-10(14)6-7-12(15-11)16-9-4-2-1-3-5-9/h1-5,10-14H,6-8H2/t10-,11+,12+/m0/s1. The average Bonchev–Trinajstić information content (AvgIpc) is 2.33. The largest absolute Gasteiger partial charge is 0.394 e. The van der Waals surface area contributed by atoms with Crippen LogP contribution in [0, 0.1) is 0 Å². The first kappa shape index (κ1) is 11.9. The normalized spacial score (nSPS) is 30.2. The summed E-state index contributed by atoms with van der Waals surface area (Å²) in [7, 11) is 0. The van der Waals surface area contributed by atoms with Crippen molar-refractivity contribution < 1.29 is 14.9 Å². The van der Waals surface area contributed by atoms with Crippen LogP contribution in [0.3, 0.4) is 0 Å². The molecule has 1 aliphatic heterocycles. The van der Waals surface area contributed by atoms with Gasteiger partial charge in [0, 0.05) is 4.90 Å². The van der Waals surface area contributed by atoms with Gasteiger partial charge < -0.3 is 14.9 Å². The molecule has 2 rings (SSSR count). The van der Waals surface area contributed by atoms with Crippen molar-refractivity contribution in [3.63, 3.8) is 0 Å². The molecule has 0 aromatic heterocycles. The topological polar surface area (TPSA) is 49.7 Å². The molecule has 0 aliphatic carbocycles. The van der Waals surface area contributed by atoms with Crippen LogP contribution >= 0.6 is 11.8 Å². The molecular weight excluding hydrogens is 224 g/mol. The lowest BCUT2D eigenvalue weighted by Crippen LogP contribution is -2.39. The zero-order valence-electron chi connectivity index (χ0n) is 8.95. The molecule has 1 aromatic rings. The monoisotopic (exact) mass is 240 g/mol. The third-order valence-electron chi connectivity index (χ3n) is 2.64. The van der Waals surface area contributed by atoms with Crippen LogP contribution in [-0.2, 0) is 4.74 Å². The number of hydrogen-bond acceptors (Lipinski definition) is 4. The van der Waals surface area contributed by atoms with Gasteiger partial charge in [-0.05, 0) is 25.0 Å². The Labute approximate surface area is 99.4 Å². The first-order chi connectivity index (χ1) is 7.79. The Hall–Kier alpha value is -0.550. The van der Waals surface area contributed by atoms with Crippen molar-refractivity contribution in [1.29, 1.82) is 0 Å². The molecule has 0 radical (unpaired) electrons. The van der Waals surface area contributed by atoms with Gasteiger partial charge in [-0.3, -0.25) is 0 Å². The van der Waals surface area contributed by atoms with E-state index in [2.05, 4.69) is 0 Å². The van der Waals surface area contributed by atoms with Crippen molar-refractivity contribution in [1.82, 2.24) is 0 Å². The molecule has 0 unspecified atom stereocenters. The molecule has 16 heavy (non-hydrogen) atoms. The molecule has 1 saturated heterocycles. The van der Waals surface area contributed by atoms with Gasteiger partial charge in [0.1, 0.15) is 11.5 Å². The quantitative estimate of drug-likeness (QED) is 0.843. The van der Waals surface area contributed by atoms with Gasteiger partial charge in [-0.2, -0.15) is 0 Å². The summed E-state index contributed by atoms with van der Waals surface area (Å²) in [6.45, 7) is -0.118. The summed E-state index contributed by atoms with van der Waals surface area (Å²) in [5.41, 5.74) is 0.0305. The molecule has 0 amide bonds. The summed E-state index contributed by atoms with van der Waals surface area (Å²) < 4.78 is 5.61. The lowest BCUT2D eigenvalue weighted by atomic mass is 10.1. The molecule has 88 valence electrons. The van der Waals surface area contributed by atoms with E-state index in [0.717, 1.165) is 11.3 Å². The number of rotatable bonds is 3. The van der Waals surface area contributed by atoms with Crippen LogP contribution in [0.5, 0.6) is 0 Å². The summed E-state index contributed by atoms with van der Waals surface area (Å²) in [6.07, 6.45) is 0.542. The van der Waals surface area contributed by atoms with Crippen molar-refractivity contribution >= 4 is 11.8 Å². The molecule has 0 spiro atoms. The van der Waals surface area contributed by atoms with E-state index in [9.17, 15) is 5.11 Å². The van der Waals surface area contributed by atoms with Gasteiger partial charge in [-0.1, -0.05) is 30.0 Å². The van der Waals surface area contributed by atoms with E-state index in [-0.39, 0.29) is 12.0 Å². The summed E-state index contributed by atoms with van der Waals surface area (Å²) in [5, 5.41) is 18.6. The van der Waals surface area contributed by atoms with E-state index in [1.165, 1.54) is 0 Å². The molecule has 0 bridgehead atoms. The highest BCUT2D eigenvalue weighted by Crippen LogP contribution is 2.32. The van der Waals surface area contributed by atoms with Crippen LogP contribution in [0.4, 0.5) is 0 Å². The Morgan fingerprint density at radius 2 is 2.00 bits per heavy atom. The number of thioether (sulfide) groups is 1. The lowest BCUT2D eigenvalue weighted by Gasteiger charge is -2.32. The van der Waals surface area contributed by atoms with Crippen LogP contribution in [0.1, 0.15) is 12.8 Å². The SMILES string of the molecule is OC[C@H]1O[C@H](Sc2ccccc2)CC[C@@H]1O. The average molecular weight is 240 g/mol. The van der Waals surface area contributed by atoms with Crippen molar-refractivity contribution in [2.45, 2.75) is 35.4 Å². The highest BCUT2D eigenvalue weighted by Gasteiger charge is 2.29. The smallest absolute Gasteiger partial charge is 0.108 e. The summed E-state index contributed by atoms with van der Waals surface area (Å²) in [4.78, 5) is 1.15. The van der Waals surface area contributed by atoms with E-state index >= 15 is 0 Å². The summed E-state index contributed by atoms with van der Waals surface area (Å²) in [6, 6.07) is 10.0. The zero-order valence-corrected chi connectivity index (χ0v) is 9.77. The molecular formula is C12H16O3S. The van der Waals surface area contributed by atoms with Gasteiger partial charge in [0.05, 0.1) is 12.7 Å². The molecule has 1 aromatic carbocycles. The van der Waals surface area contributed by atoms with Crippen LogP contribution < -0.4 is 0 Å². The molecule has 3 atom stereocenters. The number of ether oxygens (including phenoxy) is 1. The van der Waals surface area contributed by atoms with Crippen molar-refractivity contribution in [2.75, 3.05) is 6.61 Å². The number of hydrogen-bond donors (Lipinski definition) is 2. The Balaban J connectivity index is 1.92. The fourth-order valence-electron chi connectivity index (χ4n) is 1.75. The van der Waals surface area contributed by atoms with Gasteiger partial charge in [-0.15, -0.1) is 0 Å². The summed E-state index contributed by atoms with van der Waals surface area (Å²) >= 11 is 1.64. The minimum Gasteiger partial charge on any atom is -0.394 e. The van der Waals surface area contributed by atoms with Gasteiger partial charge in [-0.25, -0.2) is 0 Å². The third kappa shape index (κ3) is 2.98. The van der Waals surface area contributed by atoms with Crippen LogP contribution in [0.2, 0.25) is 0 Å². The third-order valence-corrected chi connectivity index (χ3v) is 3.80. The Bertz CT molecular complexity index is 317. The number of benzene rings is 1. The van der Waals surface area contributed by atoms with Crippen molar-refractivity contribution in [3.8, 4) is 0 Å². The second kappa shape index (κ2) is 5.68. The zero-order chi connectivity index (χ0) is 11.4. The molecule has 3 nitrogen and oxygen atoms in total. The maximum atomic E-state index is 9.56. The van der Waals surface area contributed by atoms with E-state index in [4.69, 9.17) is 9.84 Å². The van der Waals surface area contributed by atoms with Gasteiger partial charge in [0.2, 0.25) is 0 Å². The van der Waals surface area contributed by atoms with E-state index in [1.54, 1.807) is 11.8 Å². The maximum absolute atomic E-state index is 9.56. The van der Waals surface area contributed by atoms with E-state index in [1.807, 2.05) is 30.3 Å². The Morgan fingerprint density at radius 3 is 2.69 bits per heavy atom. The highest BCUT2D eigenvalue weighted by molar-refractivity contribution is 7.99. The fraction of sp³-hybridized carbons (Fsp3) is 0.500. The van der Waals surface area contributed by atoms with Gasteiger partial charge in [0.15, 0.2) is 0 Å². The predicted molar refractivity (Wildman–Crippen MR) is 63.3 cm³/mol. The predicted octanol–water partition coefficient (Wildman–Crippen LogP) is 1.64. The number of aliphatic hydroxyl groups is 2. The fourth-order valence-corrected chi connectivity index (χ4v) is 2.82. The maximum Gasteiger partial charge on any atom is 0.108 e. The molecule has 1 aliphatic rings. The van der Waals surface area contributed by atoms with Crippen molar-refractivity contribution in [3.05, 3.63) is 30.3 Å². The van der Waals surface area contributed by atoms with Gasteiger partial charge >= 0.3 is 0 Å². The van der Waals surface area contributed by atoms with E-state index in [0.29, 0.717) is 6.42 Å². The van der Waals surface area contributed by atoms with Crippen molar-refractivity contribution in [2.24, 2.45) is 0 Å². The minimum atomic E-state index is -0.530. The Morgan fingerprint density at radius 1 is 1.25 bits per heavy atom. The molecule has 1 heterocycles. The van der Waals surface area contributed by atoms with Crippen LogP contribution in [0.25, 0.3) is 0 Å². The highest BCUT2D eigenvalue weighted by atomic mass is 32.2. The van der Waals surface area contributed by atoms with Crippen LogP contribution in [0.15, 0.2) is 35.2 Å². The first-order valence-electron chi connectivity index (χ1n) is 5.45. The second-order valence-electron chi connectivity index (χ2n) is 3.86. The molecule has 1 fully saturated rings. The van der Waals surface area contributed by atoms with E-state index < -0.39 is 12.2 Å². The molecule has 2 N–H and O–H groups in total. The second-order valence-corrected chi connectivity index (χ2v) is 5.10. The van der Waals surface area contributed by atoms with Crippen LogP contribution in [-0.4, -0.2) is 34.5 Å². The Kier molecular flexibility index (Phi) is 4.23. The molecule has 4 heteroatoms. The first-order valence-corrected chi connectivity index (χ1v) is 6.33. The van der Waals surface area contributed by atoms with Gasteiger partial charge in [0.25, 0.3) is 0 Å².